The van der Waals surface area contributed by atoms with Crippen molar-refractivity contribution in [2.24, 2.45) is 7.05 Å². The Morgan fingerprint density at radius 3 is 2.24 bits per heavy atom. The van der Waals surface area contributed by atoms with Crippen LogP contribution in [0.3, 0.4) is 0 Å². The second-order valence-electron chi connectivity index (χ2n) is 5.94. The van der Waals surface area contributed by atoms with Crippen molar-refractivity contribution >= 4 is 21.8 Å². The van der Waals surface area contributed by atoms with E-state index in [-0.39, 0.29) is 0 Å². The highest BCUT2D eigenvalue weighted by Crippen LogP contribution is 2.44. The van der Waals surface area contributed by atoms with Gasteiger partial charge in [-0.3, -0.25) is 0 Å². The summed E-state index contributed by atoms with van der Waals surface area (Å²) in [5.41, 5.74) is 3.22. The van der Waals surface area contributed by atoms with Crippen molar-refractivity contribution in [3.8, 4) is 22.9 Å². The first kappa shape index (κ1) is 15.4. The van der Waals surface area contributed by atoms with Crippen LogP contribution in [0.4, 0.5) is 0 Å². The molecule has 2 heterocycles. The Hall–Kier alpha value is -3.08. The summed E-state index contributed by atoms with van der Waals surface area (Å²) in [6.07, 6.45) is 4.10. The SMILES string of the molecule is COc1cc2ccn(-c3ccc4c(ccn4C)c3)c2c(OC)c1OC. The molecule has 25 heavy (non-hydrogen) atoms. The van der Waals surface area contributed by atoms with Gasteiger partial charge in [-0.1, -0.05) is 0 Å². The van der Waals surface area contributed by atoms with Crippen LogP contribution in [0.1, 0.15) is 0 Å². The van der Waals surface area contributed by atoms with E-state index < -0.39 is 0 Å². The smallest absolute Gasteiger partial charge is 0.205 e. The second-order valence-corrected chi connectivity index (χ2v) is 5.94. The Morgan fingerprint density at radius 2 is 1.52 bits per heavy atom. The third-order valence-corrected chi connectivity index (χ3v) is 4.62. The molecule has 0 bridgehead atoms. The van der Waals surface area contributed by atoms with E-state index in [4.69, 9.17) is 14.2 Å². The summed E-state index contributed by atoms with van der Waals surface area (Å²) >= 11 is 0. The van der Waals surface area contributed by atoms with Crippen molar-refractivity contribution in [2.75, 3.05) is 21.3 Å². The fourth-order valence-corrected chi connectivity index (χ4v) is 3.40. The minimum Gasteiger partial charge on any atom is -0.493 e. The van der Waals surface area contributed by atoms with Gasteiger partial charge in [0, 0.05) is 41.4 Å². The second kappa shape index (κ2) is 5.77. The topological polar surface area (TPSA) is 37.5 Å². The van der Waals surface area contributed by atoms with Crippen LogP contribution >= 0.6 is 0 Å². The zero-order valence-electron chi connectivity index (χ0n) is 14.7. The van der Waals surface area contributed by atoms with E-state index >= 15 is 0 Å². The summed E-state index contributed by atoms with van der Waals surface area (Å²) in [5.74, 6) is 1.91. The summed E-state index contributed by atoms with van der Waals surface area (Å²) in [7, 11) is 6.95. The van der Waals surface area contributed by atoms with Crippen molar-refractivity contribution in [1.29, 1.82) is 0 Å². The maximum atomic E-state index is 5.67. The average Bonchev–Trinajstić information content (AvgIpc) is 3.23. The lowest BCUT2D eigenvalue weighted by Crippen LogP contribution is -1.99. The number of rotatable bonds is 4. The minimum absolute atomic E-state index is 0.596. The van der Waals surface area contributed by atoms with E-state index in [0.717, 1.165) is 16.6 Å². The minimum atomic E-state index is 0.596. The zero-order valence-corrected chi connectivity index (χ0v) is 14.7. The standard InChI is InChI=1S/C20H20N2O3/c1-21-9-7-13-11-15(5-6-16(13)21)22-10-8-14-12-17(23-2)19(24-3)20(25-4)18(14)22/h5-12H,1-4H3. The molecule has 0 saturated heterocycles. The number of benzene rings is 2. The van der Waals surface area contributed by atoms with Gasteiger partial charge in [-0.2, -0.15) is 0 Å². The van der Waals surface area contributed by atoms with Crippen LogP contribution in [0.15, 0.2) is 48.8 Å². The predicted molar refractivity (Wildman–Crippen MR) is 99.4 cm³/mol. The van der Waals surface area contributed by atoms with Gasteiger partial charge in [0.15, 0.2) is 11.5 Å². The molecule has 0 aliphatic rings. The Labute approximate surface area is 145 Å². The molecule has 0 N–H and O–H groups in total. The summed E-state index contributed by atoms with van der Waals surface area (Å²) in [6.45, 7) is 0. The lowest BCUT2D eigenvalue weighted by molar-refractivity contribution is 0.326. The van der Waals surface area contributed by atoms with Gasteiger partial charge in [0.2, 0.25) is 5.75 Å². The molecule has 2 aromatic carbocycles. The van der Waals surface area contributed by atoms with E-state index in [0.29, 0.717) is 17.2 Å². The molecule has 128 valence electrons. The highest BCUT2D eigenvalue weighted by atomic mass is 16.5. The molecule has 0 amide bonds. The van der Waals surface area contributed by atoms with Gasteiger partial charge < -0.3 is 23.3 Å². The number of nitrogens with zero attached hydrogens (tertiary/aromatic N) is 2. The molecule has 0 aliphatic carbocycles. The lowest BCUT2D eigenvalue weighted by Gasteiger charge is -2.15. The van der Waals surface area contributed by atoms with Crippen LogP contribution in [0.25, 0.3) is 27.5 Å². The van der Waals surface area contributed by atoms with Gasteiger partial charge >= 0.3 is 0 Å². The number of methoxy groups -OCH3 is 3. The van der Waals surface area contributed by atoms with Gasteiger partial charge in [0.25, 0.3) is 0 Å². The van der Waals surface area contributed by atoms with Crippen LogP contribution in [0.2, 0.25) is 0 Å². The van der Waals surface area contributed by atoms with Crippen LogP contribution < -0.4 is 14.2 Å². The van der Waals surface area contributed by atoms with Crippen LogP contribution in [0, 0.1) is 0 Å². The van der Waals surface area contributed by atoms with Gasteiger partial charge in [-0.15, -0.1) is 0 Å². The van der Waals surface area contributed by atoms with E-state index in [2.05, 4.69) is 45.7 Å². The Bertz CT molecular complexity index is 1080. The number of hydrogen-bond acceptors (Lipinski definition) is 3. The van der Waals surface area contributed by atoms with E-state index in [1.165, 1.54) is 10.9 Å². The van der Waals surface area contributed by atoms with Crippen molar-refractivity contribution in [3.63, 3.8) is 0 Å². The first-order chi connectivity index (χ1) is 12.2. The van der Waals surface area contributed by atoms with Gasteiger partial charge in [-0.25, -0.2) is 0 Å². The van der Waals surface area contributed by atoms with Crippen molar-refractivity contribution in [3.05, 3.63) is 48.8 Å². The quantitative estimate of drug-likeness (QED) is 0.562. The van der Waals surface area contributed by atoms with Crippen LogP contribution in [0.5, 0.6) is 17.2 Å². The Kier molecular flexibility index (Phi) is 3.57. The Balaban J connectivity index is 2.00. The summed E-state index contributed by atoms with van der Waals surface area (Å²) in [4.78, 5) is 0. The number of ether oxygens (including phenoxy) is 3. The van der Waals surface area contributed by atoms with Crippen molar-refractivity contribution < 1.29 is 14.2 Å². The van der Waals surface area contributed by atoms with Crippen molar-refractivity contribution in [2.45, 2.75) is 0 Å². The highest BCUT2D eigenvalue weighted by Gasteiger charge is 2.19. The molecule has 0 radical (unpaired) electrons. The fraction of sp³-hybridized carbons (Fsp3) is 0.200. The predicted octanol–water partition coefficient (Wildman–Crippen LogP) is 4.15. The number of aryl methyl sites for hydroxylation is 1. The van der Waals surface area contributed by atoms with Crippen molar-refractivity contribution in [1.82, 2.24) is 9.13 Å². The molecular formula is C20H20N2O3. The number of fused-ring (bicyclic) bond motifs is 2. The molecule has 0 saturated carbocycles. The zero-order chi connectivity index (χ0) is 17.6. The fourth-order valence-electron chi connectivity index (χ4n) is 3.40. The molecule has 4 rings (SSSR count). The van der Waals surface area contributed by atoms with E-state index in [1.807, 2.05) is 19.3 Å². The molecule has 0 unspecified atom stereocenters. The first-order valence-corrected chi connectivity index (χ1v) is 8.03. The van der Waals surface area contributed by atoms with Gasteiger partial charge in [0.05, 0.1) is 26.8 Å². The number of aromatic nitrogens is 2. The summed E-state index contributed by atoms with van der Waals surface area (Å²) in [6, 6.07) is 12.5. The first-order valence-electron chi connectivity index (χ1n) is 8.03. The molecule has 0 fully saturated rings. The van der Waals surface area contributed by atoms with Crippen LogP contribution in [-0.2, 0) is 7.05 Å². The molecule has 2 aromatic heterocycles. The third kappa shape index (κ3) is 2.23. The third-order valence-electron chi connectivity index (χ3n) is 4.62. The largest absolute Gasteiger partial charge is 0.493 e. The van der Waals surface area contributed by atoms with E-state index in [1.54, 1.807) is 21.3 Å². The molecular weight excluding hydrogens is 316 g/mol. The lowest BCUT2D eigenvalue weighted by atomic mass is 10.2. The van der Waals surface area contributed by atoms with Gasteiger partial charge in [-0.05, 0) is 36.4 Å². The highest BCUT2D eigenvalue weighted by molar-refractivity contribution is 5.93. The molecule has 5 heteroatoms. The number of hydrogen-bond donors (Lipinski definition) is 0. The maximum absolute atomic E-state index is 5.67. The molecule has 0 spiro atoms. The van der Waals surface area contributed by atoms with Gasteiger partial charge in [0.1, 0.15) is 0 Å². The molecule has 5 nitrogen and oxygen atoms in total. The summed E-state index contributed by atoms with van der Waals surface area (Å²) in [5, 5.41) is 2.23. The summed E-state index contributed by atoms with van der Waals surface area (Å²) < 4.78 is 20.9. The van der Waals surface area contributed by atoms with E-state index in [9.17, 15) is 0 Å². The molecule has 4 aromatic rings. The van der Waals surface area contributed by atoms with Crippen LogP contribution in [-0.4, -0.2) is 30.5 Å². The maximum Gasteiger partial charge on any atom is 0.205 e. The monoisotopic (exact) mass is 336 g/mol. The molecule has 0 atom stereocenters. The Morgan fingerprint density at radius 1 is 0.760 bits per heavy atom. The average molecular weight is 336 g/mol. The molecule has 0 aliphatic heterocycles. The normalized spacial score (nSPS) is 11.2.